The van der Waals surface area contributed by atoms with Crippen molar-refractivity contribution in [2.45, 2.75) is 32.6 Å². The van der Waals surface area contributed by atoms with Crippen molar-refractivity contribution < 1.29 is 17.6 Å². The SMILES string of the molecule is CCNC(c1ccc2c(c1)oc(=O)n2CC)C(F)(F)F. The van der Waals surface area contributed by atoms with Gasteiger partial charge in [-0.3, -0.25) is 4.57 Å². The Morgan fingerprint density at radius 1 is 1.35 bits per heavy atom. The Balaban J connectivity index is 2.53. The Morgan fingerprint density at radius 3 is 2.60 bits per heavy atom. The van der Waals surface area contributed by atoms with Gasteiger partial charge in [0, 0.05) is 6.54 Å². The first-order valence-electron chi connectivity index (χ1n) is 6.31. The second-order valence-electron chi connectivity index (χ2n) is 4.37. The maximum atomic E-state index is 13.0. The van der Waals surface area contributed by atoms with Gasteiger partial charge in [0.15, 0.2) is 5.58 Å². The van der Waals surface area contributed by atoms with Crippen molar-refractivity contribution in [3.05, 3.63) is 34.3 Å². The van der Waals surface area contributed by atoms with Crippen LogP contribution in [0.25, 0.3) is 11.1 Å². The molecule has 1 aromatic carbocycles. The number of oxazole rings is 1. The van der Waals surface area contributed by atoms with E-state index in [1.165, 1.54) is 22.8 Å². The smallest absolute Gasteiger partial charge is 0.408 e. The number of hydrogen-bond acceptors (Lipinski definition) is 3. The summed E-state index contributed by atoms with van der Waals surface area (Å²) in [6.45, 7) is 3.95. The molecule has 4 nitrogen and oxygen atoms in total. The number of rotatable bonds is 4. The minimum absolute atomic E-state index is 0.0313. The fourth-order valence-electron chi connectivity index (χ4n) is 2.19. The monoisotopic (exact) mass is 288 g/mol. The van der Waals surface area contributed by atoms with Crippen LogP contribution < -0.4 is 11.1 Å². The molecule has 0 aliphatic rings. The summed E-state index contributed by atoms with van der Waals surface area (Å²) in [4.78, 5) is 11.5. The van der Waals surface area contributed by atoms with Gasteiger partial charge in [-0.1, -0.05) is 13.0 Å². The highest BCUT2D eigenvalue weighted by Crippen LogP contribution is 2.33. The molecular weight excluding hydrogens is 273 g/mol. The Kier molecular flexibility index (Phi) is 3.89. The van der Waals surface area contributed by atoms with Gasteiger partial charge >= 0.3 is 11.9 Å². The van der Waals surface area contributed by atoms with Crippen molar-refractivity contribution in [1.82, 2.24) is 9.88 Å². The first-order chi connectivity index (χ1) is 9.38. The number of halogens is 3. The predicted molar refractivity (Wildman–Crippen MR) is 68.6 cm³/mol. The largest absolute Gasteiger partial charge is 0.419 e. The van der Waals surface area contributed by atoms with Crippen molar-refractivity contribution >= 4 is 11.1 Å². The van der Waals surface area contributed by atoms with Crippen LogP contribution in [0.1, 0.15) is 25.5 Å². The van der Waals surface area contributed by atoms with Crippen LogP contribution in [0.2, 0.25) is 0 Å². The molecule has 0 fully saturated rings. The molecule has 1 heterocycles. The molecule has 0 radical (unpaired) electrons. The average molecular weight is 288 g/mol. The molecule has 1 atom stereocenters. The third-order valence-electron chi connectivity index (χ3n) is 3.08. The zero-order valence-electron chi connectivity index (χ0n) is 11.1. The highest BCUT2D eigenvalue weighted by atomic mass is 19.4. The van der Waals surface area contributed by atoms with E-state index in [0.29, 0.717) is 12.1 Å². The number of aromatic nitrogens is 1. The zero-order valence-corrected chi connectivity index (χ0v) is 11.1. The number of aryl methyl sites for hydroxylation is 1. The van der Waals surface area contributed by atoms with Gasteiger partial charge in [-0.2, -0.15) is 13.2 Å². The van der Waals surface area contributed by atoms with Crippen molar-refractivity contribution in [3.63, 3.8) is 0 Å². The number of alkyl halides is 3. The maximum Gasteiger partial charge on any atom is 0.419 e. The molecule has 0 spiro atoms. The third-order valence-corrected chi connectivity index (χ3v) is 3.08. The van der Waals surface area contributed by atoms with Gasteiger partial charge in [-0.05, 0) is 31.2 Å². The summed E-state index contributed by atoms with van der Waals surface area (Å²) in [6, 6.07) is 2.34. The average Bonchev–Trinajstić information content (AvgIpc) is 2.68. The maximum absolute atomic E-state index is 13.0. The van der Waals surface area contributed by atoms with Gasteiger partial charge in [-0.25, -0.2) is 4.79 Å². The van der Waals surface area contributed by atoms with E-state index in [1.807, 2.05) is 0 Å². The Labute approximate surface area is 113 Å². The molecule has 1 N–H and O–H groups in total. The van der Waals surface area contributed by atoms with Crippen LogP contribution in [0.5, 0.6) is 0 Å². The summed E-state index contributed by atoms with van der Waals surface area (Å²) in [6.07, 6.45) is -4.41. The summed E-state index contributed by atoms with van der Waals surface area (Å²) < 4.78 is 45.3. The topological polar surface area (TPSA) is 47.2 Å². The fraction of sp³-hybridized carbons (Fsp3) is 0.462. The number of nitrogens with zero attached hydrogens (tertiary/aromatic N) is 1. The van der Waals surface area contributed by atoms with Crippen LogP contribution in [0.15, 0.2) is 27.4 Å². The van der Waals surface area contributed by atoms with E-state index in [1.54, 1.807) is 13.8 Å². The molecule has 2 aromatic rings. The predicted octanol–water partition coefficient (Wildman–Crippen LogP) is 2.83. The van der Waals surface area contributed by atoms with Crippen LogP contribution in [-0.4, -0.2) is 17.3 Å². The van der Waals surface area contributed by atoms with Crippen LogP contribution in [-0.2, 0) is 6.54 Å². The molecule has 0 saturated carbocycles. The minimum Gasteiger partial charge on any atom is -0.408 e. The summed E-state index contributed by atoms with van der Waals surface area (Å²) in [5, 5.41) is 2.39. The lowest BCUT2D eigenvalue weighted by molar-refractivity contribution is -0.157. The standard InChI is InChI=1S/C13H15F3N2O2/c1-3-17-11(13(14,15)16)8-5-6-9-10(7-8)20-12(19)18(9)4-2/h5-7,11,17H,3-4H2,1-2H3. The van der Waals surface area contributed by atoms with Gasteiger partial charge in [-0.15, -0.1) is 0 Å². The van der Waals surface area contributed by atoms with Gasteiger partial charge < -0.3 is 9.73 Å². The molecule has 0 saturated heterocycles. The van der Waals surface area contributed by atoms with E-state index in [-0.39, 0.29) is 17.7 Å². The molecule has 0 bridgehead atoms. The Bertz CT molecular complexity index is 658. The van der Waals surface area contributed by atoms with E-state index in [2.05, 4.69) is 5.32 Å². The Hall–Kier alpha value is -1.76. The molecule has 1 unspecified atom stereocenters. The lowest BCUT2D eigenvalue weighted by Gasteiger charge is -2.21. The molecule has 0 amide bonds. The molecule has 20 heavy (non-hydrogen) atoms. The zero-order chi connectivity index (χ0) is 14.9. The summed E-state index contributed by atoms with van der Waals surface area (Å²) >= 11 is 0. The van der Waals surface area contributed by atoms with Crippen LogP contribution in [0.4, 0.5) is 13.2 Å². The number of hydrogen-bond donors (Lipinski definition) is 1. The number of fused-ring (bicyclic) bond motifs is 1. The van der Waals surface area contributed by atoms with E-state index < -0.39 is 18.0 Å². The second kappa shape index (κ2) is 5.32. The van der Waals surface area contributed by atoms with Crippen molar-refractivity contribution in [3.8, 4) is 0 Å². The van der Waals surface area contributed by atoms with E-state index >= 15 is 0 Å². The van der Waals surface area contributed by atoms with Crippen LogP contribution in [0, 0.1) is 0 Å². The number of nitrogens with one attached hydrogen (secondary N) is 1. The van der Waals surface area contributed by atoms with E-state index in [0.717, 1.165) is 0 Å². The first kappa shape index (κ1) is 14.6. The summed E-state index contributed by atoms with van der Waals surface area (Å²) in [7, 11) is 0. The third kappa shape index (κ3) is 2.58. The lowest BCUT2D eigenvalue weighted by atomic mass is 10.1. The van der Waals surface area contributed by atoms with Crippen molar-refractivity contribution in [2.24, 2.45) is 0 Å². The lowest BCUT2D eigenvalue weighted by Crippen LogP contribution is -2.33. The molecule has 1 aromatic heterocycles. The molecule has 7 heteroatoms. The number of benzene rings is 1. The summed E-state index contributed by atoms with van der Waals surface area (Å²) in [5.41, 5.74) is 0.698. The van der Waals surface area contributed by atoms with Crippen LogP contribution >= 0.6 is 0 Å². The van der Waals surface area contributed by atoms with Gasteiger partial charge in [0.05, 0.1) is 5.52 Å². The molecule has 0 aliphatic carbocycles. The first-order valence-corrected chi connectivity index (χ1v) is 6.31. The van der Waals surface area contributed by atoms with Crippen LogP contribution in [0.3, 0.4) is 0 Å². The minimum atomic E-state index is -4.41. The highest BCUT2D eigenvalue weighted by molar-refractivity contribution is 5.74. The molecule has 110 valence electrons. The highest BCUT2D eigenvalue weighted by Gasteiger charge is 2.40. The molecule has 0 aliphatic heterocycles. The Morgan fingerprint density at radius 2 is 2.05 bits per heavy atom. The van der Waals surface area contributed by atoms with Crippen molar-refractivity contribution in [2.75, 3.05) is 6.54 Å². The van der Waals surface area contributed by atoms with E-state index in [9.17, 15) is 18.0 Å². The molecule has 2 rings (SSSR count). The van der Waals surface area contributed by atoms with E-state index in [4.69, 9.17) is 4.42 Å². The quantitative estimate of drug-likeness (QED) is 0.941. The normalized spacial score (nSPS) is 13.8. The fourth-order valence-corrected chi connectivity index (χ4v) is 2.19. The molecular formula is C13H15F3N2O2. The summed E-state index contributed by atoms with van der Waals surface area (Å²) in [5.74, 6) is -0.563. The van der Waals surface area contributed by atoms with Gasteiger partial charge in [0.25, 0.3) is 0 Å². The van der Waals surface area contributed by atoms with Gasteiger partial charge in [0.1, 0.15) is 6.04 Å². The second-order valence-corrected chi connectivity index (χ2v) is 4.37. The van der Waals surface area contributed by atoms with Gasteiger partial charge in [0.2, 0.25) is 0 Å². The van der Waals surface area contributed by atoms with Crippen molar-refractivity contribution in [1.29, 1.82) is 0 Å².